The Balaban J connectivity index is 1.42. The SMILES string of the molecule is COCCCNC(=O)Cn1ncc2c(N3CCN(c4ccccc4)CC3)ncnc21. The molecule has 1 amide bonds. The molecule has 158 valence electrons. The molecule has 0 unspecified atom stereocenters. The van der Waals surface area contributed by atoms with E-state index < -0.39 is 0 Å². The molecule has 1 aromatic carbocycles. The standard InChI is InChI=1S/C21H27N7O2/c1-30-13-5-8-22-19(29)15-28-21-18(14-25-28)20(23-16-24-21)27-11-9-26(10-12-27)17-6-3-2-4-7-17/h2-4,6-7,14,16H,5,8-13,15H2,1H3,(H,22,29). The molecule has 1 aliphatic rings. The van der Waals surface area contributed by atoms with Crippen LogP contribution >= 0.6 is 0 Å². The highest BCUT2D eigenvalue weighted by molar-refractivity contribution is 5.88. The number of carbonyl (C=O) groups is 1. The summed E-state index contributed by atoms with van der Waals surface area (Å²) in [5.74, 6) is 0.784. The molecule has 30 heavy (non-hydrogen) atoms. The van der Waals surface area contributed by atoms with Crippen molar-refractivity contribution in [3.63, 3.8) is 0 Å². The van der Waals surface area contributed by atoms with Crippen LogP contribution in [0.25, 0.3) is 11.0 Å². The summed E-state index contributed by atoms with van der Waals surface area (Å²) in [6.45, 7) is 4.92. The predicted octanol–water partition coefficient (Wildman–Crippen LogP) is 1.31. The van der Waals surface area contributed by atoms with Gasteiger partial charge in [-0.2, -0.15) is 5.10 Å². The maximum absolute atomic E-state index is 12.2. The number of ether oxygens (including phenoxy) is 1. The van der Waals surface area contributed by atoms with E-state index in [4.69, 9.17) is 4.74 Å². The molecule has 0 bridgehead atoms. The summed E-state index contributed by atoms with van der Waals surface area (Å²) in [7, 11) is 1.65. The zero-order valence-corrected chi connectivity index (χ0v) is 17.2. The minimum atomic E-state index is -0.0901. The predicted molar refractivity (Wildman–Crippen MR) is 116 cm³/mol. The van der Waals surface area contributed by atoms with E-state index in [1.807, 2.05) is 6.07 Å². The fraction of sp³-hybridized carbons (Fsp3) is 0.429. The van der Waals surface area contributed by atoms with Gasteiger partial charge in [0, 0.05) is 52.1 Å². The van der Waals surface area contributed by atoms with E-state index in [-0.39, 0.29) is 12.5 Å². The molecule has 0 saturated carbocycles. The number of hydrogen-bond donors (Lipinski definition) is 1. The third kappa shape index (κ3) is 4.51. The Kier molecular flexibility index (Phi) is 6.38. The average Bonchev–Trinajstić information content (AvgIpc) is 3.20. The molecule has 1 saturated heterocycles. The molecule has 3 heterocycles. The Hall–Kier alpha value is -3.20. The van der Waals surface area contributed by atoms with Crippen molar-refractivity contribution in [2.24, 2.45) is 0 Å². The first-order valence-corrected chi connectivity index (χ1v) is 10.2. The number of carbonyl (C=O) groups excluding carboxylic acids is 1. The Morgan fingerprint density at radius 1 is 1.10 bits per heavy atom. The van der Waals surface area contributed by atoms with Crippen molar-refractivity contribution in [1.29, 1.82) is 0 Å². The monoisotopic (exact) mass is 409 g/mol. The lowest BCUT2D eigenvalue weighted by molar-refractivity contribution is -0.121. The largest absolute Gasteiger partial charge is 0.385 e. The van der Waals surface area contributed by atoms with Gasteiger partial charge < -0.3 is 19.9 Å². The fourth-order valence-electron chi connectivity index (χ4n) is 3.70. The van der Waals surface area contributed by atoms with E-state index in [2.05, 4.69) is 54.4 Å². The van der Waals surface area contributed by atoms with E-state index in [0.717, 1.165) is 43.8 Å². The van der Waals surface area contributed by atoms with Crippen LogP contribution in [-0.4, -0.2) is 72.1 Å². The van der Waals surface area contributed by atoms with Gasteiger partial charge in [0.2, 0.25) is 5.91 Å². The zero-order chi connectivity index (χ0) is 20.8. The highest BCUT2D eigenvalue weighted by atomic mass is 16.5. The van der Waals surface area contributed by atoms with E-state index in [9.17, 15) is 4.79 Å². The average molecular weight is 409 g/mol. The van der Waals surface area contributed by atoms with Crippen molar-refractivity contribution in [2.75, 3.05) is 56.2 Å². The first kappa shape index (κ1) is 20.1. The first-order valence-electron chi connectivity index (χ1n) is 10.2. The number of nitrogens with zero attached hydrogens (tertiary/aromatic N) is 6. The molecule has 4 rings (SSSR count). The molecular formula is C21H27N7O2. The highest BCUT2D eigenvalue weighted by Crippen LogP contribution is 2.25. The Bertz CT molecular complexity index is 968. The van der Waals surface area contributed by atoms with Crippen LogP contribution in [0.15, 0.2) is 42.9 Å². The van der Waals surface area contributed by atoms with Crippen LogP contribution in [0.4, 0.5) is 11.5 Å². The summed E-state index contributed by atoms with van der Waals surface area (Å²) in [5.41, 5.74) is 1.92. The van der Waals surface area contributed by atoms with Crippen LogP contribution in [0.2, 0.25) is 0 Å². The lowest BCUT2D eigenvalue weighted by Gasteiger charge is -2.36. The van der Waals surface area contributed by atoms with Crippen molar-refractivity contribution in [3.05, 3.63) is 42.9 Å². The molecule has 1 fully saturated rings. The highest BCUT2D eigenvalue weighted by Gasteiger charge is 2.21. The van der Waals surface area contributed by atoms with Crippen molar-refractivity contribution in [2.45, 2.75) is 13.0 Å². The van der Waals surface area contributed by atoms with Crippen molar-refractivity contribution >= 4 is 28.4 Å². The number of nitrogens with one attached hydrogen (secondary N) is 1. The maximum atomic E-state index is 12.2. The Labute approximate surface area is 175 Å². The molecule has 2 aromatic heterocycles. The number of methoxy groups -OCH3 is 1. The Morgan fingerprint density at radius 3 is 2.63 bits per heavy atom. The summed E-state index contributed by atoms with van der Waals surface area (Å²) in [4.78, 5) is 25.7. The zero-order valence-electron chi connectivity index (χ0n) is 17.2. The van der Waals surface area contributed by atoms with Gasteiger partial charge in [0.25, 0.3) is 0 Å². The topological polar surface area (TPSA) is 88.4 Å². The van der Waals surface area contributed by atoms with Gasteiger partial charge in [-0.3, -0.25) is 4.79 Å². The van der Waals surface area contributed by atoms with Gasteiger partial charge in [-0.15, -0.1) is 0 Å². The summed E-state index contributed by atoms with van der Waals surface area (Å²) < 4.78 is 6.63. The van der Waals surface area contributed by atoms with E-state index >= 15 is 0 Å². The number of benzene rings is 1. The number of piperazine rings is 1. The number of rotatable bonds is 8. The first-order chi connectivity index (χ1) is 14.8. The normalized spacial score (nSPS) is 14.3. The fourth-order valence-corrected chi connectivity index (χ4v) is 3.70. The van der Waals surface area contributed by atoms with Gasteiger partial charge in [-0.25, -0.2) is 14.6 Å². The second-order valence-corrected chi connectivity index (χ2v) is 7.24. The molecule has 1 aliphatic heterocycles. The molecule has 0 spiro atoms. The molecular weight excluding hydrogens is 382 g/mol. The summed E-state index contributed by atoms with van der Waals surface area (Å²) in [6.07, 6.45) is 4.09. The van der Waals surface area contributed by atoms with Gasteiger partial charge in [0.05, 0.1) is 11.6 Å². The third-order valence-electron chi connectivity index (χ3n) is 5.25. The molecule has 0 radical (unpaired) electrons. The van der Waals surface area contributed by atoms with Crippen molar-refractivity contribution in [3.8, 4) is 0 Å². The lowest BCUT2D eigenvalue weighted by atomic mass is 10.2. The van der Waals surface area contributed by atoms with E-state index in [1.165, 1.54) is 5.69 Å². The van der Waals surface area contributed by atoms with Gasteiger partial charge >= 0.3 is 0 Å². The summed E-state index contributed by atoms with van der Waals surface area (Å²) in [5, 5.41) is 8.14. The number of para-hydroxylation sites is 1. The molecule has 0 atom stereocenters. The third-order valence-corrected chi connectivity index (χ3v) is 5.25. The van der Waals surface area contributed by atoms with Crippen molar-refractivity contribution in [1.82, 2.24) is 25.1 Å². The minimum Gasteiger partial charge on any atom is -0.385 e. The van der Waals surface area contributed by atoms with Crippen LogP contribution in [0, 0.1) is 0 Å². The summed E-state index contributed by atoms with van der Waals surface area (Å²) in [6, 6.07) is 10.5. The Morgan fingerprint density at radius 2 is 1.87 bits per heavy atom. The second kappa shape index (κ2) is 9.53. The van der Waals surface area contributed by atoms with Crippen LogP contribution in [0.1, 0.15) is 6.42 Å². The van der Waals surface area contributed by atoms with Gasteiger partial charge in [0.15, 0.2) is 5.65 Å². The van der Waals surface area contributed by atoms with Crippen LogP contribution in [0.3, 0.4) is 0 Å². The lowest BCUT2D eigenvalue weighted by Crippen LogP contribution is -2.46. The molecule has 0 aliphatic carbocycles. The molecule has 3 aromatic rings. The quantitative estimate of drug-likeness (QED) is 0.561. The number of fused-ring (bicyclic) bond motifs is 1. The van der Waals surface area contributed by atoms with Crippen molar-refractivity contribution < 1.29 is 9.53 Å². The number of aromatic nitrogens is 4. The molecule has 9 nitrogen and oxygen atoms in total. The van der Waals surface area contributed by atoms with Gasteiger partial charge in [0.1, 0.15) is 18.7 Å². The van der Waals surface area contributed by atoms with Gasteiger partial charge in [-0.05, 0) is 18.6 Å². The van der Waals surface area contributed by atoms with E-state index in [1.54, 1.807) is 24.3 Å². The smallest absolute Gasteiger partial charge is 0.241 e. The van der Waals surface area contributed by atoms with Crippen LogP contribution in [-0.2, 0) is 16.1 Å². The number of hydrogen-bond acceptors (Lipinski definition) is 7. The number of amides is 1. The maximum Gasteiger partial charge on any atom is 0.241 e. The van der Waals surface area contributed by atoms with E-state index in [0.29, 0.717) is 18.8 Å². The number of anilines is 2. The van der Waals surface area contributed by atoms with Gasteiger partial charge in [-0.1, -0.05) is 18.2 Å². The molecule has 9 heteroatoms. The summed E-state index contributed by atoms with van der Waals surface area (Å²) >= 11 is 0. The molecule has 1 N–H and O–H groups in total. The second-order valence-electron chi connectivity index (χ2n) is 7.24. The van der Waals surface area contributed by atoms with Crippen LogP contribution < -0.4 is 15.1 Å². The minimum absolute atomic E-state index is 0.0901. The van der Waals surface area contributed by atoms with Crippen LogP contribution in [0.5, 0.6) is 0 Å².